The van der Waals surface area contributed by atoms with Crippen LogP contribution in [0.5, 0.6) is 0 Å². The maximum absolute atomic E-state index is 14.4. The van der Waals surface area contributed by atoms with Gasteiger partial charge in [-0.1, -0.05) is 30.3 Å². The van der Waals surface area contributed by atoms with Crippen LogP contribution in [0, 0.1) is 6.92 Å². The second-order valence-corrected chi connectivity index (χ2v) is 13.2. The average Bonchev–Trinajstić information content (AvgIpc) is 3.44. The molecule has 2 aromatic carbocycles. The van der Waals surface area contributed by atoms with Crippen molar-refractivity contribution < 1.29 is 19.1 Å². The number of rotatable bonds is 14. The van der Waals surface area contributed by atoms with Gasteiger partial charge in [0.2, 0.25) is 0 Å². The molecule has 2 aromatic heterocycles. The van der Waals surface area contributed by atoms with Crippen molar-refractivity contribution in [3.8, 4) is 0 Å². The molecule has 0 radical (unpaired) electrons. The van der Waals surface area contributed by atoms with E-state index in [1.165, 1.54) is 31.4 Å². The Morgan fingerprint density at radius 3 is 2.39 bits per heavy atom. The molecule has 3 N–H and O–H groups in total. The van der Waals surface area contributed by atoms with Crippen LogP contribution in [0.15, 0.2) is 72.4 Å². The van der Waals surface area contributed by atoms with Crippen LogP contribution < -0.4 is 15.5 Å². The molecule has 0 bridgehead atoms. The Morgan fingerprint density at radius 1 is 1.02 bits per heavy atom. The van der Waals surface area contributed by atoms with Gasteiger partial charge in [-0.05, 0) is 62.6 Å². The number of alkyl halides is 1. The van der Waals surface area contributed by atoms with Gasteiger partial charge in [-0.2, -0.15) is 0 Å². The molecule has 0 fully saturated rings. The summed E-state index contributed by atoms with van der Waals surface area (Å²) in [6.07, 6.45) is 2.60. The van der Waals surface area contributed by atoms with Crippen LogP contribution in [0.1, 0.15) is 62.0 Å². The van der Waals surface area contributed by atoms with Gasteiger partial charge in [0.15, 0.2) is 0 Å². The molecule has 9 nitrogen and oxygen atoms in total. The lowest BCUT2D eigenvalue weighted by molar-refractivity contribution is 0.0784. The first-order valence-corrected chi connectivity index (χ1v) is 16.0. The zero-order valence-corrected chi connectivity index (χ0v) is 28.1. The Balaban J connectivity index is 1.51. The molecule has 46 heavy (non-hydrogen) atoms. The van der Waals surface area contributed by atoms with Gasteiger partial charge in [0.25, 0.3) is 11.8 Å². The van der Waals surface area contributed by atoms with Crippen molar-refractivity contribution in [2.75, 3.05) is 32.6 Å². The normalized spacial score (nSPS) is 12.8. The van der Waals surface area contributed by atoms with Crippen LogP contribution in [0.4, 0.5) is 10.1 Å². The number of pyridine rings is 1. The second kappa shape index (κ2) is 15.4. The largest absolute Gasteiger partial charge is 0.390 e. The summed E-state index contributed by atoms with van der Waals surface area (Å²) in [7, 11) is 5.41. The van der Waals surface area contributed by atoms with Crippen LogP contribution in [0.3, 0.4) is 0 Å². The summed E-state index contributed by atoms with van der Waals surface area (Å²) in [6, 6.07) is 15.8. The average molecular weight is 647 g/mol. The lowest BCUT2D eigenvalue weighted by Crippen LogP contribution is -2.48. The molecule has 244 valence electrons. The first kappa shape index (κ1) is 34.7. The number of aryl methyl sites for hydroxylation is 1. The van der Waals surface area contributed by atoms with Crippen molar-refractivity contribution >= 4 is 28.8 Å². The first-order chi connectivity index (χ1) is 21.8. The fraction of sp³-hybridized carbons (Fsp3) is 0.371. The van der Waals surface area contributed by atoms with E-state index in [0.717, 1.165) is 21.8 Å². The molecular formula is C35H43FN6O3S. The molecule has 4 rings (SSSR count). The predicted octanol–water partition coefficient (Wildman–Crippen LogP) is 4.88. The number of halogens is 1. The number of hydrogen-bond donors (Lipinski definition) is 3. The quantitative estimate of drug-likeness (QED) is 0.179. The van der Waals surface area contributed by atoms with Crippen LogP contribution in [-0.2, 0) is 25.2 Å². The molecule has 2 atom stereocenters. The Kier molecular flexibility index (Phi) is 11.6. The topological polar surface area (TPSA) is 111 Å². The fourth-order valence-electron chi connectivity index (χ4n) is 4.91. The summed E-state index contributed by atoms with van der Waals surface area (Å²) < 4.78 is 14.4. The predicted molar refractivity (Wildman–Crippen MR) is 181 cm³/mol. The van der Waals surface area contributed by atoms with Gasteiger partial charge in [-0.25, -0.2) is 9.37 Å². The van der Waals surface area contributed by atoms with Crippen molar-refractivity contribution in [2.24, 2.45) is 0 Å². The van der Waals surface area contributed by atoms with Gasteiger partial charge in [0.1, 0.15) is 10.7 Å². The van der Waals surface area contributed by atoms with Crippen LogP contribution in [-0.4, -0.2) is 71.6 Å². The highest BCUT2D eigenvalue weighted by Crippen LogP contribution is 2.24. The van der Waals surface area contributed by atoms with Crippen molar-refractivity contribution in [2.45, 2.75) is 58.1 Å². The number of benzene rings is 2. The highest BCUT2D eigenvalue weighted by Gasteiger charge is 2.25. The molecule has 0 aliphatic carbocycles. The van der Waals surface area contributed by atoms with Gasteiger partial charge in [0, 0.05) is 80.1 Å². The number of nitrogens with zero attached hydrogens (tertiary/aromatic N) is 4. The fourth-order valence-corrected chi connectivity index (χ4v) is 5.74. The van der Waals surface area contributed by atoms with Crippen molar-refractivity contribution in [1.82, 2.24) is 25.5 Å². The highest BCUT2D eigenvalue weighted by molar-refractivity contribution is 7.09. The third-order valence-corrected chi connectivity index (χ3v) is 8.52. The van der Waals surface area contributed by atoms with Gasteiger partial charge in [0.05, 0.1) is 18.7 Å². The Hall–Kier alpha value is -4.19. The molecule has 2 amide bonds. The van der Waals surface area contributed by atoms with Gasteiger partial charge in [-0.3, -0.25) is 14.6 Å². The number of carbonyl (C=O) groups excluding carboxylic acids is 2. The Labute approximate surface area is 274 Å². The minimum Gasteiger partial charge on any atom is -0.390 e. The van der Waals surface area contributed by atoms with Crippen LogP contribution in [0.25, 0.3) is 0 Å². The summed E-state index contributed by atoms with van der Waals surface area (Å²) in [4.78, 5) is 39.3. The zero-order valence-electron chi connectivity index (χ0n) is 27.3. The smallest absolute Gasteiger partial charge is 0.254 e. The van der Waals surface area contributed by atoms with Crippen molar-refractivity contribution in [1.29, 1.82) is 0 Å². The highest BCUT2D eigenvalue weighted by atomic mass is 32.1. The van der Waals surface area contributed by atoms with E-state index in [9.17, 15) is 19.1 Å². The van der Waals surface area contributed by atoms with Crippen molar-refractivity contribution in [3.63, 3.8) is 0 Å². The lowest BCUT2D eigenvalue weighted by Gasteiger charge is -2.26. The third-order valence-electron chi connectivity index (χ3n) is 7.57. The zero-order chi connectivity index (χ0) is 33.4. The first-order valence-electron chi connectivity index (χ1n) is 15.2. The standard InChI is InChI=1S/C35H43FN6O3S/c1-23-22-46-32(39-23)21-42(6)34(45)27-14-26(15-29(16-27)41(4)5)33(44)40-30(13-24-10-8-7-9-11-24)31(43)20-38-18-25-12-28(19-37-17-25)35(2,3)36/h7-12,14-17,19,22,30-31,38,43H,13,18,20-21H2,1-6H3,(H,40,44)/t30-,31+/m0/s1. The number of aliphatic hydroxyl groups is 1. The van der Waals surface area contributed by atoms with E-state index < -0.39 is 23.7 Å². The molecule has 11 heteroatoms. The summed E-state index contributed by atoms with van der Waals surface area (Å²) >= 11 is 1.50. The van der Waals surface area contributed by atoms with E-state index in [2.05, 4.69) is 20.6 Å². The summed E-state index contributed by atoms with van der Waals surface area (Å²) in [5.74, 6) is -0.636. The van der Waals surface area contributed by atoms with E-state index in [1.54, 1.807) is 42.4 Å². The maximum Gasteiger partial charge on any atom is 0.254 e. The molecule has 0 saturated heterocycles. The molecule has 0 saturated carbocycles. The van der Waals surface area contributed by atoms with Crippen LogP contribution >= 0.6 is 11.3 Å². The summed E-state index contributed by atoms with van der Waals surface area (Å²) in [5.41, 5.74) is 2.98. The number of aromatic nitrogens is 2. The molecule has 2 heterocycles. The lowest BCUT2D eigenvalue weighted by atomic mass is 9.99. The summed E-state index contributed by atoms with van der Waals surface area (Å²) in [6.45, 7) is 5.77. The Bertz CT molecular complexity index is 1620. The molecular weight excluding hydrogens is 603 g/mol. The number of thiazole rings is 1. The van der Waals surface area contributed by atoms with E-state index >= 15 is 0 Å². The number of anilines is 1. The van der Waals surface area contributed by atoms with E-state index in [-0.39, 0.29) is 12.5 Å². The molecule has 0 aliphatic heterocycles. The minimum atomic E-state index is -1.52. The maximum atomic E-state index is 14.4. The SMILES string of the molecule is Cc1csc(CN(C)C(=O)c2cc(C(=O)N[C@@H](Cc3ccccc3)[C@H](O)CNCc3cncc(C(C)(C)F)c3)cc(N(C)C)c2)n1. The van der Waals surface area contributed by atoms with E-state index in [1.807, 2.05) is 61.6 Å². The van der Waals surface area contributed by atoms with Crippen LogP contribution in [0.2, 0.25) is 0 Å². The van der Waals surface area contributed by atoms with Gasteiger partial charge >= 0.3 is 0 Å². The van der Waals surface area contributed by atoms with Gasteiger partial charge < -0.3 is 25.5 Å². The van der Waals surface area contributed by atoms with Crippen molar-refractivity contribution in [3.05, 3.63) is 111 Å². The van der Waals surface area contributed by atoms with E-state index in [4.69, 9.17) is 0 Å². The number of hydrogen-bond acceptors (Lipinski definition) is 8. The molecule has 0 spiro atoms. The minimum absolute atomic E-state index is 0.170. The number of nitrogens with one attached hydrogen (secondary N) is 2. The summed E-state index contributed by atoms with van der Waals surface area (Å²) in [5, 5.41) is 20.3. The third kappa shape index (κ3) is 9.65. The number of carbonyl (C=O) groups is 2. The second-order valence-electron chi connectivity index (χ2n) is 12.2. The monoisotopic (exact) mass is 646 g/mol. The number of aliphatic hydroxyl groups excluding tert-OH is 1. The van der Waals surface area contributed by atoms with E-state index in [0.29, 0.717) is 41.9 Å². The number of amides is 2. The van der Waals surface area contributed by atoms with Gasteiger partial charge in [-0.15, -0.1) is 11.3 Å². The molecule has 0 unspecified atom stereocenters. The molecule has 0 aliphatic rings. The molecule has 4 aromatic rings. The Morgan fingerprint density at radius 2 is 1.74 bits per heavy atom.